The van der Waals surface area contributed by atoms with Crippen molar-refractivity contribution < 1.29 is 4.39 Å². The summed E-state index contributed by atoms with van der Waals surface area (Å²) in [6, 6.07) is 7.55. The van der Waals surface area contributed by atoms with Crippen molar-refractivity contribution in [2.24, 2.45) is 0 Å². The number of hydrogen-bond donors (Lipinski definition) is 1. The number of hydrogen-bond acceptors (Lipinski definition) is 2. The summed E-state index contributed by atoms with van der Waals surface area (Å²) < 4.78 is 14.8. The number of benzene rings is 1. The fraction of sp³-hybridized carbons (Fsp3) is 0.214. The Labute approximate surface area is 114 Å². The van der Waals surface area contributed by atoms with Crippen LogP contribution in [-0.4, -0.2) is 12.0 Å². The lowest BCUT2D eigenvalue weighted by atomic mass is 9.98. The molecular weight excluding hydrogens is 295 g/mol. The van der Waals surface area contributed by atoms with Crippen molar-refractivity contribution in [2.45, 2.75) is 13.0 Å². The molecule has 0 radical (unpaired) electrons. The Balaban J connectivity index is 2.52. The standard InChI is InChI=1S/C14H14BrFN2/c1-9-3-4-12(15)11(7-9)14(17-2)10-5-6-18-8-13(10)16/h3-8,14,17H,1-2H3. The molecule has 0 spiro atoms. The van der Waals surface area contributed by atoms with Gasteiger partial charge in [0.25, 0.3) is 0 Å². The van der Waals surface area contributed by atoms with E-state index in [4.69, 9.17) is 0 Å². The summed E-state index contributed by atoms with van der Waals surface area (Å²) in [7, 11) is 1.82. The van der Waals surface area contributed by atoms with Gasteiger partial charge in [-0.3, -0.25) is 4.98 Å². The number of aromatic nitrogens is 1. The van der Waals surface area contributed by atoms with E-state index < -0.39 is 0 Å². The zero-order valence-corrected chi connectivity index (χ0v) is 11.8. The van der Waals surface area contributed by atoms with Gasteiger partial charge in [0.2, 0.25) is 0 Å². The molecule has 1 aromatic carbocycles. The number of pyridine rings is 1. The molecular formula is C14H14BrFN2. The molecule has 0 bridgehead atoms. The van der Waals surface area contributed by atoms with Gasteiger partial charge >= 0.3 is 0 Å². The van der Waals surface area contributed by atoms with Gasteiger partial charge in [-0.15, -0.1) is 0 Å². The van der Waals surface area contributed by atoms with Gasteiger partial charge in [-0.1, -0.05) is 33.6 Å². The Morgan fingerprint density at radius 2 is 2.06 bits per heavy atom. The van der Waals surface area contributed by atoms with Crippen LogP contribution in [0.2, 0.25) is 0 Å². The van der Waals surface area contributed by atoms with Gasteiger partial charge in [0, 0.05) is 16.2 Å². The van der Waals surface area contributed by atoms with Crippen molar-refractivity contribution in [3.05, 3.63) is 63.6 Å². The van der Waals surface area contributed by atoms with Crippen LogP contribution >= 0.6 is 15.9 Å². The highest BCUT2D eigenvalue weighted by Crippen LogP contribution is 2.30. The molecule has 4 heteroatoms. The third-order valence-corrected chi connectivity index (χ3v) is 3.59. The maximum absolute atomic E-state index is 13.8. The maximum Gasteiger partial charge on any atom is 0.146 e. The third-order valence-electron chi connectivity index (χ3n) is 2.87. The highest BCUT2D eigenvalue weighted by atomic mass is 79.9. The lowest BCUT2D eigenvalue weighted by molar-refractivity contribution is 0.570. The van der Waals surface area contributed by atoms with Crippen molar-refractivity contribution in [2.75, 3.05) is 7.05 Å². The van der Waals surface area contributed by atoms with Gasteiger partial charge in [-0.25, -0.2) is 4.39 Å². The minimum atomic E-state index is -0.301. The fourth-order valence-corrected chi connectivity index (χ4v) is 2.46. The number of rotatable bonds is 3. The van der Waals surface area contributed by atoms with Gasteiger partial charge < -0.3 is 5.32 Å². The molecule has 2 nitrogen and oxygen atoms in total. The number of nitrogens with zero attached hydrogens (tertiary/aromatic N) is 1. The van der Waals surface area contributed by atoms with E-state index in [-0.39, 0.29) is 11.9 Å². The first-order valence-electron chi connectivity index (χ1n) is 5.66. The van der Waals surface area contributed by atoms with Crippen LogP contribution in [-0.2, 0) is 0 Å². The molecule has 0 aliphatic carbocycles. The summed E-state index contributed by atoms with van der Waals surface area (Å²) >= 11 is 3.52. The maximum atomic E-state index is 13.8. The fourth-order valence-electron chi connectivity index (χ4n) is 1.98. The third kappa shape index (κ3) is 2.60. The van der Waals surface area contributed by atoms with Crippen LogP contribution in [0.25, 0.3) is 0 Å². The van der Waals surface area contributed by atoms with Crippen LogP contribution < -0.4 is 5.32 Å². The Morgan fingerprint density at radius 3 is 2.72 bits per heavy atom. The van der Waals surface area contributed by atoms with E-state index in [1.165, 1.54) is 6.20 Å². The Bertz CT molecular complexity index is 557. The summed E-state index contributed by atoms with van der Waals surface area (Å²) in [6.07, 6.45) is 2.84. The topological polar surface area (TPSA) is 24.9 Å². The summed E-state index contributed by atoms with van der Waals surface area (Å²) in [5.41, 5.74) is 2.75. The van der Waals surface area contributed by atoms with Crippen LogP contribution in [0, 0.1) is 12.7 Å². The van der Waals surface area contributed by atoms with Crippen molar-refractivity contribution in [1.82, 2.24) is 10.3 Å². The second-order valence-electron chi connectivity index (χ2n) is 4.14. The van der Waals surface area contributed by atoms with E-state index in [9.17, 15) is 4.39 Å². The second-order valence-corrected chi connectivity index (χ2v) is 5.00. The van der Waals surface area contributed by atoms with Crippen LogP contribution in [0.1, 0.15) is 22.7 Å². The molecule has 0 aliphatic rings. The molecule has 1 unspecified atom stereocenters. The highest BCUT2D eigenvalue weighted by Gasteiger charge is 2.18. The van der Waals surface area contributed by atoms with Gasteiger partial charge in [0.1, 0.15) is 5.82 Å². The molecule has 0 amide bonds. The summed E-state index contributed by atoms with van der Waals surface area (Å²) in [6.45, 7) is 2.02. The average Bonchev–Trinajstić information content (AvgIpc) is 2.36. The normalized spacial score (nSPS) is 12.4. The zero-order valence-electron chi connectivity index (χ0n) is 10.2. The van der Waals surface area contributed by atoms with Crippen LogP contribution in [0.3, 0.4) is 0 Å². The Morgan fingerprint density at radius 1 is 1.28 bits per heavy atom. The van der Waals surface area contributed by atoms with Gasteiger partial charge in [0.15, 0.2) is 0 Å². The molecule has 2 aromatic rings. The molecule has 1 N–H and O–H groups in total. The minimum Gasteiger partial charge on any atom is -0.309 e. The highest BCUT2D eigenvalue weighted by molar-refractivity contribution is 9.10. The van der Waals surface area contributed by atoms with Crippen molar-refractivity contribution >= 4 is 15.9 Å². The smallest absolute Gasteiger partial charge is 0.146 e. The first kappa shape index (κ1) is 13.2. The molecule has 2 rings (SSSR count). The van der Waals surface area contributed by atoms with Crippen molar-refractivity contribution in [3.63, 3.8) is 0 Å². The lowest BCUT2D eigenvalue weighted by Gasteiger charge is -2.19. The first-order chi connectivity index (χ1) is 8.63. The van der Waals surface area contributed by atoms with Crippen molar-refractivity contribution in [1.29, 1.82) is 0 Å². The molecule has 0 aliphatic heterocycles. The Hall–Kier alpha value is -1.26. The quantitative estimate of drug-likeness (QED) is 0.937. The van der Waals surface area contributed by atoms with Crippen LogP contribution in [0.5, 0.6) is 0 Å². The molecule has 1 atom stereocenters. The van der Waals surface area contributed by atoms with Gasteiger partial charge in [-0.2, -0.15) is 0 Å². The average molecular weight is 309 g/mol. The van der Waals surface area contributed by atoms with Crippen LogP contribution in [0.4, 0.5) is 4.39 Å². The second kappa shape index (κ2) is 5.59. The SMILES string of the molecule is CNC(c1ccncc1F)c1cc(C)ccc1Br. The molecule has 0 saturated heterocycles. The largest absolute Gasteiger partial charge is 0.309 e. The first-order valence-corrected chi connectivity index (χ1v) is 6.45. The predicted octanol–water partition coefficient (Wildman–Crippen LogP) is 3.60. The zero-order chi connectivity index (χ0) is 13.1. The van der Waals surface area contributed by atoms with Gasteiger partial charge in [-0.05, 0) is 31.7 Å². The van der Waals surface area contributed by atoms with E-state index >= 15 is 0 Å². The molecule has 1 heterocycles. The number of halogens is 2. The van der Waals surface area contributed by atoms with E-state index in [2.05, 4.69) is 26.2 Å². The van der Waals surface area contributed by atoms with Crippen molar-refractivity contribution in [3.8, 4) is 0 Å². The lowest BCUT2D eigenvalue weighted by Crippen LogP contribution is -2.19. The minimum absolute atomic E-state index is 0.192. The monoisotopic (exact) mass is 308 g/mol. The molecule has 1 aromatic heterocycles. The predicted molar refractivity (Wildman–Crippen MR) is 74.0 cm³/mol. The molecule has 18 heavy (non-hydrogen) atoms. The molecule has 0 saturated carbocycles. The van der Waals surface area contributed by atoms with Crippen LogP contribution in [0.15, 0.2) is 41.1 Å². The van der Waals surface area contributed by atoms with E-state index in [0.29, 0.717) is 5.56 Å². The number of aryl methyl sites for hydroxylation is 1. The summed E-state index contributed by atoms with van der Waals surface area (Å²) in [5.74, 6) is -0.301. The van der Waals surface area contributed by atoms with E-state index in [1.54, 1.807) is 12.3 Å². The van der Waals surface area contributed by atoms with E-state index in [1.807, 2.05) is 32.2 Å². The summed E-state index contributed by atoms with van der Waals surface area (Å²) in [4.78, 5) is 3.78. The van der Waals surface area contributed by atoms with E-state index in [0.717, 1.165) is 15.6 Å². The summed E-state index contributed by atoms with van der Waals surface area (Å²) in [5, 5.41) is 3.15. The molecule has 0 fully saturated rings. The molecule has 94 valence electrons. The Kier molecular flexibility index (Phi) is 4.09. The van der Waals surface area contributed by atoms with Gasteiger partial charge in [0.05, 0.1) is 12.2 Å². The number of nitrogens with one attached hydrogen (secondary N) is 1.